The monoisotopic (exact) mass is 325 g/mol. The number of hydrogen-bond donors (Lipinski definition) is 1. The Balaban J connectivity index is 2.05. The first-order valence-corrected chi connectivity index (χ1v) is 7.44. The number of rotatable bonds is 5. The number of amides is 1. The van der Waals surface area contributed by atoms with Gasteiger partial charge >= 0.3 is 6.16 Å². The summed E-state index contributed by atoms with van der Waals surface area (Å²) >= 11 is 0. The van der Waals surface area contributed by atoms with Crippen molar-refractivity contribution in [3.63, 3.8) is 0 Å². The van der Waals surface area contributed by atoms with E-state index in [1.807, 2.05) is 43.3 Å². The molecule has 0 saturated heterocycles. The van der Waals surface area contributed by atoms with Crippen LogP contribution in [0, 0.1) is 6.92 Å². The summed E-state index contributed by atoms with van der Waals surface area (Å²) in [5.41, 5.74) is 3.18. The minimum Gasteiger partial charge on any atom is -0.438 e. The highest BCUT2D eigenvalue weighted by atomic mass is 16.7. The number of benzene rings is 2. The molecule has 0 radical (unpaired) electrons. The molecule has 0 spiro atoms. The second kappa shape index (κ2) is 8.53. The summed E-state index contributed by atoms with van der Waals surface area (Å²) in [5, 5.41) is 2.88. The van der Waals surface area contributed by atoms with Crippen LogP contribution in [0.2, 0.25) is 0 Å². The molecule has 0 fully saturated rings. The van der Waals surface area contributed by atoms with E-state index in [4.69, 9.17) is 4.74 Å². The maximum Gasteiger partial charge on any atom is 0.508 e. The standard InChI is InChI=1S/C19H19NO4/c1-14-9-11-16(12-10-14)18(21)20-17-8-4-3-6-15(17)7-5-13-24-19(22)23-2/h3-12H,13H2,1-2H3,(H,20,21)/b7-5+. The SMILES string of the molecule is COC(=O)OC/C=C/c1ccccc1NC(=O)c1ccc(C)cc1. The first-order valence-electron chi connectivity index (χ1n) is 7.44. The van der Waals surface area contributed by atoms with Crippen molar-refractivity contribution in [3.05, 3.63) is 71.3 Å². The molecule has 124 valence electrons. The van der Waals surface area contributed by atoms with Crippen molar-refractivity contribution in [2.45, 2.75) is 6.92 Å². The number of aryl methyl sites for hydroxylation is 1. The average Bonchev–Trinajstić information content (AvgIpc) is 2.60. The van der Waals surface area contributed by atoms with E-state index in [0.717, 1.165) is 11.1 Å². The van der Waals surface area contributed by atoms with Crippen molar-refractivity contribution in [1.29, 1.82) is 0 Å². The lowest BCUT2D eigenvalue weighted by molar-refractivity contribution is 0.0819. The lowest BCUT2D eigenvalue weighted by Crippen LogP contribution is -2.12. The number of ether oxygens (including phenoxy) is 2. The first kappa shape index (κ1) is 17.3. The molecule has 5 nitrogen and oxygen atoms in total. The Kier molecular flexibility index (Phi) is 6.14. The molecule has 0 saturated carbocycles. The number of hydrogen-bond acceptors (Lipinski definition) is 4. The third-order valence-corrected chi connectivity index (χ3v) is 3.28. The highest BCUT2D eigenvalue weighted by molar-refractivity contribution is 6.05. The molecule has 0 unspecified atom stereocenters. The predicted molar refractivity (Wildman–Crippen MR) is 93.0 cm³/mol. The maximum absolute atomic E-state index is 12.3. The fraction of sp³-hybridized carbons (Fsp3) is 0.158. The van der Waals surface area contributed by atoms with Crippen LogP contribution in [0.5, 0.6) is 0 Å². The van der Waals surface area contributed by atoms with Gasteiger partial charge in [0.2, 0.25) is 0 Å². The molecular formula is C19H19NO4. The van der Waals surface area contributed by atoms with Gasteiger partial charge in [0.15, 0.2) is 0 Å². The van der Waals surface area contributed by atoms with Gasteiger partial charge in [0.25, 0.3) is 5.91 Å². The van der Waals surface area contributed by atoms with Gasteiger partial charge in [0.1, 0.15) is 6.61 Å². The molecule has 2 aromatic carbocycles. The van der Waals surface area contributed by atoms with Crippen LogP contribution in [0.4, 0.5) is 10.5 Å². The molecular weight excluding hydrogens is 306 g/mol. The highest BCUT2D eigenvalue weighted by Crippen LogP contribution is 2.18. The van der Waals surface area contributed by atoms with E-state index in [0.29, 0.717) is 11.3 Å². The van der Waals surface area contributed by atoms with E-state index in [1.54, 1.807) is 24.3 Å². The van der Waals surface area contributed by atoms with Crippen LogP contribution in [0.15, 0.2) is 54.6 Å². The fourth-order valence-electron chi connectivity index (χ4n) is 2.01. The third kappa shape index (κ3) is 4.98. The number of methoxy groups -OCH3 is 1. The predicted octanol–water partition coefficient (Wildman–Crippen LogP) is 4.04. The zero-order valence-electron chi connectivity index (χ0n) is 13.6. The molecule has 2 rings (SSSR count). The first-order chi connectivity index (χ1) is 11.6. The summed E-state index contributed by atoms with van der Waals surface area (Å²) in [6.07, 6.45) is 2.71. The highest BCUT2D eigenvalue weighted by Gasteiger charge is 2.07. The quantitative estimate of drug-likeness (QED) is 0.843. The van der Waals surface area contributed by atoms with Gasteiger partial charge in [0, 0.05) is 11.3 Å². The fourth-order valence-corrected chi connectivity index (χ4v) is 2.01. The summed E-state index contributed by atoms with van der Waals surface area (Å²) in [6.45, 7) is 2.06. The Bertz CT molecular complexity index is 735. The van der Waals surface area contributed by atoms with Crippen LogP contribution in [-0.4, -0.2) is 25.8 Å². The van der Waals surface area contributed by atoms with E-state index in [9.17, 15) is 9.59 Å². The molecule has 0 bridgehead atoms. The number of nitrogens with one attached hydrogen (secondary N) is 1. The Morgan fingerprint density at radius 2 is 1.79 bits per heavy atom. The molecule has 0 aliphatic rings. The van der Waals surface area contributed by atoms with Crippen molar-refractivity contribution < 1.29 is 19.1 Å². The molecule has 0 atom stereocenters. The van der Waals surface area contributed by atoms with Gasteiger partial charge in [-0.05, 0) is 36.8 Å². The smallest absolute Gasteiger partial charge is 0.438 e. The third-order valence-electron chi connectivity index (χ3n) is 3.28. The molecule has 1 N–H and O–H groups in total. The van der Waals surface area contributed by atoms with E-state index < -0.39 is 6.16 Å². The van der Waals surface area contributed by atoms with Gasteiger partial charge in [0.05, 0.1) is 7.11 Å². The Labute approximate surface area is 140 Å². The minimum absolute atomic E-state index is 0.0902. The molecule has 1 amide bonds. The normalized spacial score (nSPS) is 10.4. The second-order valence-electron chi connectivity index (χ2n) is 5.07. The Morgan fingerprint density at radius 3 is 2.50 bits per heavy atom. The van der Waals surface area contributed by atoms with Crippen molar-refractivity contribution in [3.8, 4) is 0 Å². The van der Waals surface area contributed by atoms with Crippen molar-refractivity contribution in [2.24, 2.45) is 0 Å². The number of para-hydroxylation sites is 1. The van der Waals surface area contributed by atoms with Crippen LogP contribution in [0.3, 0.4) is 0 Å². The Hall–Kier alpha value is -3.08. The largest absolute Gasteiger partial charge is 0.508 e. The van der Waals surface area contributed by atoms with Crippen molar-refractivity contribution in [1.82, 2.24) is 0 Å². The topological polar surface area (TPSA) is 64.6 Å². The lowest BCUT2D eigenvalue weighted by atomic mass is 10.1. The number of carbonyl (C=O) groups excluding carboxylic acids is 2. The maximum atomic E-state index is 12.3. The minimum atomic E-state index is -0.736. The van der Waals surface area contributed by atoms with Crippen LogP contribution >= 0.6 is 0 Å². The van der Waals surface area contributed by atoms with Gasteiger partial charge in [-0.15, -0.1) is 0 Å². The van der Waals surface area contributed by atoms with Crippen LogP contribution < -0.4 is 5.32 Å². The van der Waals surface area contributed by atoms with Gasteiger partial charge in [-0.25, -0.2) is 4.79 Å². The van der Waals surface area contributed by atoms with E-state index in [-0.39, 0.29) is 12.5 Å². The molecule has 5 heteroatoms. The summed E-state index contributed by atoms with van der Waals surface area (Å²) in [5.74, 6) is -0.179. The summed E-state index contributed by atoms with van der Waals surface area (Å²) in [6, 6.07) is 14.7. The van der Waals surface area contributed by atoms with Gasteiger partial charge in [-0.3, -0.25) is 4.79 Å². The summed E-state index contributed by atoms with van der Waals surface area (Å²) in [4.78, 5) is 23.2. The molecule has 24 heavy (non-hydrogen) atoms. The average molecular weight is 325 g/mol. The molecule has 0 aromatic heterocycles. The second-order valence-corrected chi connectivity index (χ2v) is 5.07. The van der Waals surface area contributed by atoms with Crippen molar-refractivity contribution in [2.75, 3.05) is 19.0 Å². The number of carbonyl (C=O) groups is 2. The lowest BCUT2D eigenvalue weighted by Gasteiger charge is -2.09. The van der Waals surface area contributed by atoms with Gasteiger partial charge in [-0.1, -0.05) is 42.0 Å². The summed E-state index contributed by atoms with van der Waals surface area (Å²) < 4.78 is 9.16. The Morgan fingerprint density at radius 1 is 1.08 bits per heavy atom. The molecule has 2 aromatic rings. The zero-order valence-corrected chi connectivity index (χ0v) is 13.6. The van der Waals surface area contributed by atoms with Crippen molar-refractivity contribution >= 4 is 23.8 Å². The molecule has 0 aliphatic heterocycles. The molecule has 0 heterocycles. The zero-order chi connectivity index (χ0) is 17.4. The van der Waals surface area contributed by atoms with E-state index >= 15 is 0 Å². The van der Waals surface area contributed by atoms with Gasteiger partial charge < -0.3 is 14.8 Å². The molecule has 0 aliphatic carbocycles. The summed E-state index contributed by atoms with van der Waals surface area (Å²) in [7, 11) is 1.25. The van der Waals surface area contributed by atoms with Crippen LogP contribution in [0.25, 0.3) is 6.08 Å². The van der Waals surface area contributed by atoms with Crippen LogP contribution in [0.1, 0.15) is 21.5 Å². The van der Waals surface area contributed by atoms with E-state index in [1.165, 1.54) is 7.11 Å². The number of anilines is 1. The van der Waals surface area contributed by atoms with Crippen LogP contribution in [-0.2, 0) is 9.47 Å². The van der Waals surface area contributed by atoms with E-state index in [2.05, 4.69) is 10.1 Å². The van der Waals surface area contributed by atoms with Gasteiger partial charge in [-0.2, -0.15) is 0 Å².